The summed E-state index contributed by atoms with van der Waals surface area (Å²) in [5.41, 5.74) is -0.449. The summed E-state index contributed by atoms with van der Waals surface area (Å²) < 4.78 is 10.0. The highest BCUT2D eigenvalue weighted by Gasteiger charge is 2.22. The molecule has 1 aromatic rings. The third-order valence-corrected chi connectivity index (χ3v) is 1.66. The average molecular weight is 156 g/mol. The molecule has 11 heavy (non-hydrogen) atoms. The molecule has 0 amide bonds. The molecule has 1 N–H and O–H groups in total. The summed E-state index contributed by atoms with van der Waals surface area (Å²) in [6.07, 6.45) is 1.77. The highest BCUT2D eigenvalue weighted by molar-refractivity contribution is 4.85. The van der Waals surface area contributed by atoms with Crippen LogP contribution in [0.1, 0.15) is 24.8 Å². The van der Waals surface area contributed by atoms with Crippen LogP contribution in [0.5, 0.6) is 0 Å². The number of aromatic amines is 1. The predicted octanol–water partition coefficient (Wildman–Crippen LogP) is 0.214. The lowest BCUT2D eigenvalue weighted by atomic mass is 10.2. The van der Waals surface area contributed by atoms with E-state index in [-0.39, 0.29) is 6.10 Å². The minimum Gasteiger partial charge on any atom is -0.368 e. The molecule has 1 aliphatic rings. The topological polar surface area (TPSA) is 68.1 Å². The van der Waals surface area contributed by atoms with E-state index >= 15 is 0 Å². The van der Waals surface area contributed by atoms with E-state index in [1.807, 2.05) is 0 Å². The number of nitrogens with one attached hydrogen (secondary N) is 1. The van der Waals surface area contributed by atoms with Crippen molar-refractivity contribution >= 4 is 0 Å². The minimum absolute atomic E-state index is 0.117. The third kappa shape index (κ3) is 1.19. The molecule has 0 aliphatic carbocycles. The molecular formula is C6H8N2O3. The minimum atomic E-state index is -0.449. The summed E-state index contributed by atoms with van der Waals surface area (Å²) in [5.74, 6) is 0.368. The van der Waals surface area contributed by atoms with Gasteiger partial charge in [0.2, 0.25) is 0 Å². The maximum Gasteiger partial charge on any atom is 0.377 e. The molecule has 60 valence electrons. The van der Waals surface area contributed by atoms with Crippen LogP contribution in [-0.2, 0) is 4.74 Å². The summed E-state index contributed by atoms with van der Waals surface area (Å²) in [6.45, 7) is 0.723. The maximum atomic E-state index is 10.5. The fourth-order valence-electron chi connectivity index (χ4n) is 1.15. The van der Waals surface area contributed by atoms with Gasteiger partial charge in [0, 0.05) is 6.61 Å². The van der Waals surface area contributed by atoms with Gasteiger partial charge in [-0.3, -0.25) is 0 Å². The Morgan fingerprint density at radius 1 is 1.64 bits per heavy atom. The Kier molecular flexibility index (Phi) is 1.50. The van der Waals surface area contributed by atoms with Gasteiger partial charge < -0.3 is 9.26 Å². The van der Waals surface area contributed by atoms with Gasteiger partial charge in [-0.2, -0.15) is 10.1 Å². The Morgan fingerprint density at radius 3 is 3.09 bits per heavy atom. The van der Waals surface area contributed by atoms with E-state index in [2.05, 4.69) is 10.1 Å². The van der Waals surface area contributed by atoms with E-state index in [0.717, 1.165) is 19.4 Å². The molecule has 1 atom stereocenters. The van der Waals surface area contributed by atoms with Crippen LogP contribution >= 0.6 is 0 Å². The van der Waals surface area contributed by atoms with Crippen molar-refractivity contribution in [3.63, 3.8) is 0 Å². The van der Waals surface area contributed by atoms with Crippen LogP contribution in [0.4, 0.5) is 0 Å². The molecule has 5 heteroatoms. The van der Waals surface area contributed by atoms with Gasteiger partial charge in [0.05, 0.1) is 0 Å². The van der Waals surface area contributed by atoms with Crippen LogP contribution < -0.4 is 5.69 Å². The highest BCUT2D eigenvalue weighted by atomic mass is 16.5. The van der Waals surface area contributed by atoms with Crippen molar-refractivity contribution in [1.29, 1.82) is 0 Å². The van der Waals surface area contributed by atoms with Gasteiger partial charge in [-0.25, -0.2) is 4.79 Å². The largest absolute Gasteiger partial charge is 0.377 e. The normalized spacial score (nSPS) is 24.2. The van der Waals surface area contributed by atoms with Gasteiger partial charge in [0.15, 0.2) is 0 Å². The lowest BCUT2D eigenvalue weighted by Crippen LogP contribution is -2.03. The average Bonchev–Trinajstić information content (AvgIpc) is 2.55. The van der Waals surface area contributed by atoms with Crippen molar-refractivity contribution in [3.8, 4) is 0 Å². The summed E-state index contributed by atoms with van der Waals surface area (Å²) in [4.78, 5) is 14.1. The smallest absolute Gasteiger partial charge is 0.368 e. The number of ether oxygens (including phenoxy) is 1. The van der Waals surface area contributed by atoms with Crippen molar-refractivity contribution in [2.45, 2.75) is 18.9 Å². The molecule has 1 aromatic heterocycles. The summed E-state index contributed by atoms with van der Waals surface area (Å²) in [5, 5.41) is 2.12. The van der Waals surface area contributed by atoms with Crippen LogP contribution in [-0.4, -0.2) is 16.7 Å². The maximum absolute atomic E-state index is 10.5. The molecule has 5 nitrogen and oxygen atoms in total. The van der Waals surface area contributed by atoms with Gasteiger partial charge in [-0.15, -0.1) is 0 Å². The zero-order valence-corrected chi connectivity index (χ0v) is 5.87. The number of rotatable bonds is 1. The van der Waals surface area contributed by atoms with E-state index in [9.17, 15) is 4.79 Å². The Labute approximate surface area is 62.3 Å². The first-order valence-electron chi connectivity index (χ1n) is 3.53. The van der Waals surface area contributed by atoms with Crippen LogP contribution in [0.2, 0.25) is 0 Å². The monoisotopic (exact) mass is 156 g/mol. The second-order valence-electron chi connectivity index (χ2n) is 2.46. The van der Waals surface area contributed by atoms with Gasteiger partial charge in [-0.1, -0.05) is 0 Å². The summed E-state index contributed by atoms with van der Waals surface area (Å²) in [6, 6.07) is 0. The molecule has 0 aromatic carbocycles. The van der Waals surface area contributed by atoms with E-state index in [4.69, 9.17) is 9.26 Å². The number of nitrogens with zero attached hydrogens (tertiary/aromatic N) is 1. The van der Waals surface area contributed by atoms with Crippen molar-refractivity contribution < 1.29 is 9.26 Å². The third-order valence-electron chi connectivity index (χ3n) is 1.66. The number of H-pyrrole nitrogens is 1. The van der Waals surface area contributed by atoms with Crippen LogP contribution in [0.15, 0.2) is 9.32 Å². The van der Waals surface area contributed by atoms with E-state index in [0.29, 0.717) is 5.89 Å². The highest BCUT2D eigenvalue weighted by Crippen LogP contribution is 2.25. The molecule has 1 saturated heterocycles. The molecular weight excluding hydrogens is 148 g/mol. The first kappa shape index (κ1) is 6.60. The summed E-state index contributed by atoms with van der Waals surface area (Å²) >= 11 is 0. The Balaban J connectivity index is 2.21. The molecule has 1 aliphatic heterocycles. The van der Waals surface area contributed by atoms with Crippen molar-refractivity contribution in [2.24, 2.45) is 0 Å². The zero-order valence-electron chi connectivity index (χ0n) is 5.87. The number of aromatic nitrogens is 2. The van der Waals surface area contributed by atoms with Crippen molar-refractivity contribution in [2.75, 3.05) is 6.61 Å². The van der Waals surface area contributed by atoms with Crippen LogP contribution in [0, 0.1) is 0 Å². The van der Waals surface area contributed by atoms with E-state index in [1.54, 1.807) is 0 Å². The van der Waals surface area contributed by atoms with Gasteiger partial charge >= 0.3 is 5.69 Å². The molecule has 0 spiro atoms. The Bertz CT molecular complexity index is 284. The van der Waals surface area contributed by atoms with Gasteiger partial charge in [0.1, 0.15) is 6.10 Å². The quantitative estimate of drug-likeness (QED) is 0.631. The summed E-state index contributed by atoms with van der Waals surface area (Å²) in [7, 11) is 0. The first-order chi connectivity index (χ1) is 5.36. The second kappa shape index (κ2) is 2.50. The molecule has 2 rings (SSSR count). The van der Waals surface area contributed by atoms with Gasteiger partial charge in [-0.05, 0) is 12.8 Å². The lowest BCUT2D eigenvalue weighted by molar-refractivity contribution is 0.0835. The lowest BCUT2D eigenvalue weighted by Gasteiger charge is -1.99. The molecule has 1 fully saturated rings. The van der Waals surface area contributed by atoms with Crippen molar-refractivity contribution in [1.82, 2.24) is 10.1 Å². The second-order valence-corrected chi connectivity index (χ2v) is 2.46. The predicted molar refractivity (Wildman–Crippen MR) is 35.1 cm³/mol. The van der Waals surface area contributed by atoms with Gasteiger partial charge in [0.25, 0.3) is 5.89 Å². The molecule has 0 bridgehead atoms. The molecule has 2 heterocycles. The Morgan fingerprint density at radius 2 is 2.55 bits per heavy atom. The van der Waals surface area contributed by atoms with Crippen LogP contribution in [0.3, 0.4) is 0 Å². The first-order valence-corrected chi connectivity index (χ1v) is 3.53. The fourth-order valence-corrected chi connectivity index (χ4v) is 1.15. The number of hydrogen-bond acceptors (Lipinski definition) is 4. The molecule has 0 radical (unpaired) electrons. The fraction of sp³-hybridized carbons (Fsp3) is 0.667. The SMILES string of the molecule is O=c1nc(C2CCCO2)o[nH]1. The number of hydrogen-bond donors (Lipinski definition) is 1. The zero-order chi connectivity index (χ0) is 7.68. The molecule has 1 unspecified atom stereocenters. The van der Waals surface area contributed by atoms with Crippen molar-refractivity contribution in [3.05, 3.63) is 16.4 Å². The molecule has 0 saturated carbocycles. The Hall–Kier alpha value is -1.10. The van der Waals surface area contributed by atoms with Crippen LogP contribution in [0.25, 0.3) is 0 Å². The van der Waals surface area contributed by atoms with E-state index in [1.165, 1.54) is 0 Å². The standard InChI is InChI=1S/C6H8N2O3/c9-6-7-5(11-8-6)4-2-1-3-10-4/h4H,1-3H2,(H,8,9). The van der Waals surface area contributed by atoms with E-state index < -0.39 is 5.69 Å².